The Bertz CT molecular complexity index is 626. The van der Waals surface area contributed by atoms with Crippen LogP contribution in [0.3, 0.4) is 0 Å². The highest BCUT2D eigenvalue weighted by atomic mass is 16.1. The van der Waals surface area contributed by atoms with Crippen molar-refractivity contribution in [2.24, 2.45) is 0 Å². The van der Waals surface area contributed by atoms with Crippen molar-refractivity contribution in [1.29, 1.82) is 0 Å². The zero-order chi connectivity index (χ0) is 14.7. The fraction of sp³-hybridized carbons (Fsp3) is 0.353. The van der Waals surface area contributed by atoms with E-state index in [0.29, 0.717) is 6.04 Å². The zero-order valence-corrected chi connectivity index (χ0v) is 12.3. The van der Waals surface area contributed by atoms with Gasteiger partial charge in [-0.15, -0.1) is 0 Å². The highest BCUT2D eigenvalue weighted by Crippen LogP contribution is 2.22. The molecule has 1 aliphatic rings. The van der Waals surface area contributed by atoms with Crippen LogP contribution in [0, 0.1) is 6.92 Å². The molecule has 0 bridgehead atoms. The number of piperidine rings is 1. The highest BCUT2D eigenvalue weighted by Gasteiger charge is 2.19. The first-order chi connectivity index (χ1) is 10.2. The van der Waals surface area contributed by atoms with Crippen molar-refractivity contribution in [3.63, 3.8) is 0 Å². The van der Waals surface area contributed by atoms with Crippen LogP contribution in [0.15, 0.2) is 42.6 Å². The Kier molecular flexibility index (Phi) is 4.06. The van der Waals surface area contributed by atoms with Crippen LogP contribution >= 0.6 is 0 Å². The Morgan fingerprint density at radius 1 is 1.24 bits per heavy atom. The summed E-state index contributed by atoms with van der Waals surface area (Å²) in [5.74, 6) is -0.0378. The van der Waals surface area contributed by atoms with Crippen molar-refractivity contribution in [3.05, 3.63) is 53.9 Å². The SMILES string of the molecule is Cc1cccc(NC(=O)c2cccn2C2CCNCC2)c1. The Morgan fingerprint density at radius 3 is 2.81 bits per heavy atom. The Labute approximate surface area is 125 Å². The molecule has 4 nitrogen and oxygen atoms in total. The lowest BCUT2D eigenvalue weighted by molar-refractivity contribution is 0.101. The van der Waals surface area contributed by atoms with Crippen molar-refractivity contribution in [2.75, 3.05) is 18.4 Å². The molecule has 21 heavy (non-hydrogen) atoms. The summed E-state index contributed by atoms with van der Waals surface area (Å²) in [6.45, 7) is 4.05. The average molecular weight is 283 g/mol. The first kappa shape index (κ1) is 13.9. The van der Waals surface area contributed by atoms with E-state index in [0.717, 1.165) is 42.9 Å². The van der Waals surface area contributed by atoms with Crippen LogP contribution in [0.2, 0.25) is 0 Å². The van der Waals surface area contributed by atoms with Gasteiger partial charge in [-0.25, -0.2) is 0 Å². The molecule has 1 saturated heterocycles. The standard InChI is InChI=1S/C17H21N3O/c1-13-4-2-5-14(12-13)19-17(21)16-6-3-11-20(16)15-7-9-18-10-8-15/h2-6,11-12,15,18H,7-10H2,1H3,(H,19,21). The van der Waals surface area contributed by atoms with Crippen molar-refractivity contribution >= 4 is 11.6 Å². The molecule has 2 aromatic rings. The summed E-state index contributed by atoms with van der Waals surface area (Å²) in [5.41, 5.74) is 2.73. The van der Waals surface area contributed by atoms with Crippen LogP contribution in [-0.2, 0) is 0 Å². The molecule has 0 spiro atoms. The number of carbonyl (C=O) groups is 1. The summed E-state index contributed by atoms with van der Waals surface area (Å²) in [5, 5.41) is 6.35. The number of carbonyl (C=O) groups excluding carboxylic acids is 1. The van der Waals surface area contributed by atoms with E-state index in [1.165, 1.54) is 0 Å². The van der Waals surface area contributed by atoms with Gasteiger partial charge < -0.3 is 15.2 Å². The second-order valence-electron chi connectivity index (χ2n) is 5.61. The molecule has 1 fully saturated rings. The van der Waals surface area contributed by atoms with Crippen LogP contribution in [-0.4, -0.2) is 23.6 Å². The highest BCUT2D eigenvalue weighted by molar-refractivity contribution is 6.03. The van der Waals surface area contributed by atoms with E-state index >= 15 is 0 Å². The van der Waals surface area contributed by atoms with Crippen LogP contribution in [0.4, 0.5) is 5.69 Å². The number of hydrogen-bond donors (Lipinski definition) is 2. The lowest BCUT2D eigenvalue weighted by Gasteiger charge is -2.25. The van der Waals surface area contributed by atoms with Crippen LogP contribution in [0.25, 0.3) is 0 Å². The second-order valence-corrected chi connectivity index (χ2v) is 5.61. The largest absolute Gasteiger partial charge is 0.340 e. The average Bonchev–Trinajstić information content (AvgIpc) is 2.98. The first-order valence-electron chi connectivity index (χ1n) is 7.49. The molecule has 0 unspecified atom stereocenters. The summed E-state index contributed by atoms with van der Waals surface area (Å²) < 4.78 is 2.12. The minimum absolute atomic E-state index is 0.0378. The lowest BCUT2D eigenvalue weighted by Crippen LogP contribution is -2.31. The number of benzene rings is 1. The number of nitrogens with zero attached hydrogens (tertiary/aromatic N) is 1. The van der Waals surface area contributed by atoms with Gasteiger partial charge in [0.25, 0.3) is 5.91 Å². The van der Waals surface area contributed by atoms with Gasteiger partial charge in [-0.3, -0.25) is 4.79 Å². The van der Waals surface area contributed by atoms with E-state index in [1.807, 2.05) is 49.5 Å². The summed E-state index contributed by atoms with van der Waals surface area (Å²) in [4.78, 5) is 12.5. The molecule has 0 atom stereocenters. The number of amides is 1. The molecule has 1 aliphatic heterocycles. The Hall–Kier alpha value is -2.07. The van der Waals surface area contributed by atoms with Crippen molar-refractivity contribution in [2.45, 2.75) is 25.8 Å². The molecule has 110 valence electrons. The Balaban J connectivity index is 1.77. The fourth-order valence-electron chi connectivity index (χ4n) is 2.91. The predicted molar refractivity (Wildman–Crippen MR) is 84.7 cm³/mol. The third kappa shape index (κ3) is 3.16. The molecule has 1 aromatic heterocycles. The topological polar surface area (TPSA) is 46.1 Å². The fourth-order valence-corrected chi connectivity index (χ4v) is 2.91. The zero-order valence-electron chi connectivity index (χ0n) is 12.3. The first-order valence-corrected chi connectivity index (χ1v) is 7.49. The number of rotatable bonds is 3. The van der Waals surface area contributed by atoms with E-state index in [4.69, 9.17) is 0 Å². The molecule has 3 rings (SSSR count). The van der Waals surface area contributed by atoms with Crippen molar-refractivity contribution < 1.29 is 4.79 Å². The molecule has 4 heteroatoms. The van der Waals surface area contributed by atoms with Gasteiger partial charge in [0.2, 0.25) is 0 Å². The van der Waals surface area contributed by atoms with Gasteiger partial charge in [-0.2, -0.15) is 0 Å². The number of aromatic nitrogens is 1. The van der Waals surface area contributed by atoms with E-state index in [2.05, 4.69) is 15.2 Å². The van der Waals surface area contributed by atoms with Gasteiger partial charge in [-0.05, 0) is 62.7 Å². The van der Waals surface area contributed by atoms with Crippen LogP contribution in [0.1, 0.15) is 34.9 Å². The quantitative estimate of drug-likeness (QED) is 0.909. The Morgan fingerprint density at radius 2 is 2.05 bits per heavy atom. The maximum atomic E-state index is 12.5. The molecular weight excluding hydrogens is 262 g/mol. The monoisotopic (exact) mass is 283 g/mol. The molecule has 1 amide bonds. The third-order valence-corrected chi connectivity index (χ3v) is 3.99. The third-order valence-electron chi connectivity index (χ3n) is 3.99. The van der Waals surface area contributed by atoms with Gasteiger partial charge in [0.15, 0.2) is 0 Å². The predicted octanol–water partition coefficient (Wildman–Crippen LogP) is 2.97. The molecule has 2 N–H and O–H groups in total. The smallest absolute Gasteiger partial charge is 0.272 e. The minimum atomic E-state index is -0.0378. The maximum Gasteiger partial charge on any atom is 0.272 e. The number of anilines is 1. The van der Waals surface area contributed by atoms with Gasteiger partial charge >= 0.3 is 0 Å². The van der Waals surface area contributed by atoms with Gasteiger partial charge in [0.05, 0.1) is 0 Å². The van der Waals surface area contributed by atoms with Crippen molar-refractivity contribution in [1.82, 2.24) is 9.88 Å². The van der Waals surface area contributed by atoms with Crippen LogP contribution < -0.4 is 10.6 Å². The summed E-state index contributed by atoms with van der Waals surface area (Å²) >= 11 is 0. The van der Waals surface area contributed by atoms with E-state index in [9.17, 15) is 4.79 Å². The molecular formula is C17H21N3O. The number of nitrogens with one attached hydrogen (secondary N) is 2. The summed E-state index contributed by atoms with van der Waals surface area (Å²) in [6, 6.07) is 12.1. The molecule has 0 radical (unpaired) electrons. The van der Waals surface area contributed by atoms with Crippen molar-refractivity contribution in [3.8, 4) is 0 Å². The molecule has 2 heterocycles. The van der Waals surface area contributed by atoms with E-state index < -0.39 is 0 Å². The van der Waals surface area contributed by atoms with Gasteiger partial charge in [0.1, 0.15) is 5.69 Å². The molecule has 0 saturated carbocycles. The summed E-state index contributed by atoms with van der Waals surface area (Å²) in [7, 11) is 0. The lowest BCUT2D eigenvalue weighted by atomic mass is 10.1. The number of hydrogen-bond acceptors (Lipinski definition) is 2. The maximum absolute atomic E-state index is 12.5. The molecule has 1 aromatic carbocycles. The summed E-state index contributed by atoms with van der Waals surface area (Å²) in [6.07, 6.45) is 4.15. The van der Waals surface area contributed by atoms with E-state index in [1.54, 1.807) is 0 Å². The van der Waals surface area contributed by atoms with Crippen LogP contribution in [0.5, 0.6) is 0 Å². The second kappa shape index (κ2) is 6.14. The molecule has 0 aliphatic carbocycles. The minimum Gasteiger partial charge on any atom is -0.340 e. The van der Waals surface area contributed by atoms with Gasteiger partial charge in [0, 0.05) is 17.9 Å². The van der Waals surface area contributed by atoms with Gasteiger partial charge in [-0.1, -0.05) is 12.1 Å². The number of aryl methyl sites for hydroxylation is 1. The normalized spacial score (nSPS) is 15.9. The van der Waals surface area contributed by atoms with E-state index in [-0.39, 0.29) is 5.91 Å².